The van der Waals surface area contributed by atoms with E-state index in [1.807, 2.05) is 30.5 Å². The molecule has 1 aromatic heterocycles. The van der Waals surface area contributed by atoms with Gasteiger partial charge in [-0.05, 0) is 51.7 Å². The zero-order valence-electron chi connectivity index (χ0n) is 7.95. The van der Waals surface area contributed by atoms with Gasteiger partial charge < -0.3 is 0 Å². The Morgan fingerprint density at radius 1 is 1.07 bits per heavy atom. The van der Waals surface area contributed by atoms with Gasteiger partial charge in [0.05, 0.1) is 0 Å². The molecule has 76 valence electrons. The summed E-state index contributed by atoms with van der Waals surface area (Å²) >= 11 is 9.22. The van der Waals surface area contributed by atoms with Crippen molar-refractivity contribution in [3.05, 3.63) is 63.3 Å². The van der Waals surface area contributed by atoms with Gasteiger partial charge in [-0.15, -0.1) is 0 Å². The van der Waals surface area contributed by atoms with Crippen LogP contribution in [-0.4, -0.2) is 4.98 Å². The number of hydrogen-bond donors (Lipinski definition) is 0. The molecule has 0 N–H and O–H groups in total. The van der Waals surface area contributed by atoms with Crippen LogP contribution in [0.5, 0.6) is 0 Å². The van der Waals surface area contributed by atoms with Gasteiger partial charge in [0.2, 0.25) is 0 Å². The maximum absolute atomic E-state index is 5.82. The first-order chi connectivity index (χ1) is 7.24. The Labute approximate surface area is 102 Å². The fourth-order valence-electron chi connectivity index (χ4n) is 1.39. The zero-order valence-corrected chi connectivity index (χ0v) is 10.3. The molecule has 15 heavy (non-hydrogen) atoms. The highest BCUT2D eigenvalue weighted by atomic mass is 79.9. The molecule has 1 nitrogen and oxygen atoms in total. The van der Waals surface area contributed by atoms with E-state index in [9.17, 15) is 0 Å². The lowest BCUT2D eigenvalue weighted by Gasteiger charge is -2.02. The van der Waals surface area contributed by atoms with Crippen molar-refractivity contribution >= 4 is 27.5 Å². The second-order valence-electron chi connectivity index (χ2n) is 3.31. The monoisotopic (exact) mass is 281 g/mol. The van der Waals surface area contributed by atoms with E-state index in [-0.39, 0.29) is 0 Å². The minimum Gasteiger partial charge on any atom is -0.263 e. The fraction of sp³-hybridized carbons (Fsp3) is 0.0833. The van der Waals surface area contributed by atoms with Crippen molar-refractivity contribution in [3.63, 3.8) is 0 Å². The molecule has 0 bridgehead atoms. The van der Waals surface area contributed by atoms with Crippen LogP contribution in [0.25, 0.3) is 0 Å². The van der Waals surface area contributed by atoms with Crippen LogP contribution in [0, 0.1) is 0 Å². The predicted molar refractivity (Wildman–Crippen MR) is 66.2 cm³/mol. The van der Waals surface area contributed by atoms with Gasteiger partial charge in [0.25, 0.3) is 0 Å². The number of aromatic nitrogens is 1. The van der Waals surface area contributed by atoms with Crippen molar-refractivity contribution in [2.75, 3.05) is 0 Å². The highest BCUT2D eigenvalue weighted by Gasteiger charge is 1.97. The molecule has 0 saturated carbocycles. The van der Waals surface area contributed by atoms with Crippen LogP contribution in [0.15, 0.2) is 47.2 Å². The molecule has 2 rings (SSSR count). The first-order valence-corrected chi connectivity index (χ1v) is 5.75. The third-order valence-electron chi connectivity index (χ3n) is 2.08. The maximum Gasteiger partial charge on any atom is 0.0410 e. The molecule has 1 heterocycles. The van der Waals surface area contributed by atoms with Crippen LogP contribution in [0.2, 0.25) is 5.02 Å². The smallest absolute Gasteiger partial charge is 0.0410 e. The highest BCUT2D eigenvalue weighted by Crippen LogP contribution is 2.15. The summed E-state index contributed by atoms with van der Waals surface area (Å²) in [5.74, 6) is 0. The molecule has 0 aliphatic carbocycles. The van der Waals surface area contributed by atoms with Gasteiger partial charge in [-0.25, -0.2) is 0 Å². The summed E-state index contributed by atoms with van der Waals surface area (Å²) < 4.78 is 1.01. The Morgan fingerprint density at radius 2 is 1.80 bits per heavy atom. The van der Waals surface area contributed by atoms with Gasteiger partial charge in [0.15, 0.2) is 0 Å². The van der Waals surface area contributed by atoms with Crippen molar-refractivity contribution in [3.8, 4) is 0 Å². The Balaban J connectivity index is 2.18. The predicted octanol–water partition coefficient (Wildman–Crippen LogP) is 4.09. The Kier molecular flexibility index (Phi) is 3.39. The SMILES string of the molecule is Clc1ccc(Cc2cncc(Br)c2)cc1. The molecule has 0 atom stereocenters. The summed E-state index contributed by atoms with van der Waals surface area (Å²) in [4.78, 5) is 4.12. The van der Waals surface area contributed by atoms with Crippen LogP contribution in [0.4, 0.5) is 0 Å². The topological polar surface area (TPSA) is 12.9 Å². The van der Waals surface area contributed by atoms with E-state index in [0.29, 0.717) is 0 Å². The van der Waals surface area contributed by atoms with Crippen molar-refractivity contribution < 1.29 is 0 Å². The lowest BCUT2D eigenvalue weighted by atomic mass is 10.1. The minimum absolute atomic E-state index is 0.770. The van der Waals surface area contributed by atoms with Crippen LogP contribution in [0.1, 0.15) is 11.1 Å². The quantitative estimate of drug-likeness (QED) is 0.808. The Morgan fingerprint density at radius 3 is 2.47 bits per heavy atom. The normalized spacial score (nSPS) is 10.3. The molecule has 0 unspecified atom stereocenters. The largest absolute Gasteiger partial charge is 0.263 e. The summed E-state index contributed by atoms with van der Waals surface area (Å²) in [5.41, 5.74) is 2.42. The molecule has 0 aliphatic rings. The number of rotatable bonds is 2. The third kappa shape index (κ3) is 3.05. The average molecular weight is 283 g/mol. The first kappa shape index (κ1) is 10.7. The van der Waals surface area contributed by atoms with Crippen LogP contribution in [0.3, 0.4) is 0 Å². The molecule has 0 fully saturated rings. The Hall–Kier alpha value is -0.860. The molecular formula is C12H9BrClN. The van der Waals surface area contributed by atoms with E-state index in [1.165, 1.54) is 11.1 Å². The lowest BCUT2D eigenvalue weighted by Crippen LogP contribution is -1.88. The van der Waals surface area contributed by atoms with E-state index >= 15 is 0 Å². The van der Waals surface area contributed by atoms with E-state index in [2.05, 4.69) is 27.0 Å². The number of hydrogen-bond acceptors (Lipinski definition) is 1. The maximum atomic E-state index is 5.82. The molecule has 0 aliphatic heterocycles. The van der Waals surface area contributed by atoms with Gasteiger partial charge in [-0.1, -0.05) is 23.7 Å². The van der Waals surface area contributed by atoms with Gasteiger partial charge in [-0.2, -0.15) is 0 Å². The minimum atomic E-state index is 0.770. The first-order valence-electron chi connectivity index (χ1n) is 4.58. The second-order valence-corrected chi connectivity index (χ2v) is 4.67. The molecule has 3 heteroatoms. The van der Waals surface area contributed by atoms with Crippen LogP contribution in [-0.2, 0) is 6.42 Å². The number of pyridine rings is 1. The summed E-state index contributed by atoms with van der Waals surface area (Å²) in [7, 11) is 0. The van der Waals surface area contributed by atoms with Gasteiger partial charge in [0.1, 0.15) is 0 Å². The molecule has 1 aromatic carbocycles. The van der Waals surface area contributed by atoms with Gasteiger partial charge in [0, 0.05) is 21.9 Å². The molecule has 0 saturated heterocycles. The molecule has 0 amide bonds. The summed E-state index contributed by atoms with van der Waals surface area (Å²) in [6.07, 6.45) is 4.54. The molecule has 0 radical (unpaired) electrons. The van der Waals surface area contributed by atoms with Crippen molar-refractivity contribution in [2.24, 2.45) is 0 Å². The lowest BCUT2D eigenvalue weighted by molar-refractivity contribution is 1.14. The Bertz CT molecular complexity index is 453. The van der Waals surface area contributed by atoms with Crippen LogP contribution < -0.4 is 0 Å². The summed E-state index contributed by atoms with van der Waals surface area (Å²) in [6, 6.07) is 9.94. The van der Waals surface area contributed by atoms with E-state index < -0.39 is 0 Å². The standard InChI is InChI=1S/C12H9BrClN/c13-11-6-10(7-15-8-11)5-9-1-3-12(14)4-2-9/h1-4,6-8H,5H2. The summed E-state index contributed by atoms with van der Waals surface area (Å²) in [5, 5.41) is 0.770. The average Bonchev–Trinajstić information content (AvgIpc) is 2.22. The van der Waals surface area contributed by atoms with Gasteiger partial charge in [-0.3, -0.25) is 4.98 Å². The van der Waals surface area contributed by atoms with Gasteiger partial charge >= 0.3 is 0 Å². The molecule has 0 spiro atoms. The fourth-order valence-corrected chi connectivity index (χ4v) is 1.93. The van der Waals surface area contributed by atoms with Crippen molar-refractivity contribution in [1.29, 1.82) is 0 Å². The summed E-state index contributed by atoms with van der Waals surface area (Å²) in [6.45, 7) is 0. The number of halogens is 2. The molecular weight excluding hydrogens is 273 g/mol. The highest BCUT2D eigenvalue weighted by molar-refractivity contribution is 9.10. The van der Waals surface area contributed by atoms with Crippen molar-refractivity contribution in [1.82, 2.24) is 4.98 Å². The van der Waals surface area contributed by atoms with Crippen LogP contribution >= 0.6 is 27.5 Å². The van der Waals surface area contributed by atoms with E-state index in [0.717, 1.165) is 15.9 Å². The van der Waals surface area contributed by atoms with E-state index in [4.69, 9.17) is 11.6 Å². The zero-order chi connectivity index (χ0) is 10.7. The second kappa shape index (κ2) is 4.77. The van der Waals surface area contributed by atoms with Crippen molar-refractivity contribution in [2.45, 2.75) is 6.42 Å². The third-order valence-corrected chi connectivity index (χ3v) is 2.77. The number of benzene rings is 1. The molecule has 2 aromatic rings. The van der Waals surface area contributed by atoms with E-state index in [1.54, 1.807) is 6.20 Å². The number of nitrogens with zero attached hydrogens (tertiary/aromatic N) is 1.